The Hall–Kier alpha value is -7.11. The Morgan fingerprint density at radius 3 is 1.23 bits per heavy atom. The van der Waals surface area contributed by atoms with E-state index in [2.05, 4.69) is 87.7 Å². The third-order valence-electron chi connectivity index (χ3n) is 10.1. The number of aromatic nitrogens is 4. The van der Waals surface area contributed by atoms with Crippen molar-refractivity contribution >= 4 is 23.5 Å². The Kier molecular flexibility index (Phi) is 14.8. The van der Waals surface area contributed by atoms with Crippen molar-refractivity contribution in [3.05, 3.63) is 252 Å². The van der Waals surface area contributed by atoms with E-state index in [4.69, 9.17) is 26.9 Å². The number of nitrogens with zero attached hydrogens (tertiary/aromatic N) is 3. The van der Waals surface area contributed by atoms with Crippen LogP contribution in [0.3, 0.4) is 0 Å². The van der Waals surface area contributed by atoms with Gasteiger partial charge < -0.3 is 30.0 Å². The number of nitrogens with one attached hydrogen (secondary N) is 1. The van der Waals surface area contributed by atoms with Crippen LogP contribution < -0.4 is 0 Å². The number of halogens is 1. The summed E-state index contributed by atoms with van der Waals surface area (Å²) >= 11 is 7.12. The molecule has 8 aromatic rings. The van der Waals surface area contributed by atoms with Crippen LogP contribution >= 0.6 is 11.6 Å². The van der Waals surface area contributed by atoms with E-state index in [1.807, 2.05) is 120 Å². The summed E-state index contributed by atoms with van der Waals surface area (Å²) < 4.78 is 2.00. The molecule has 8 rings (SSSR count). The summed E-state index contributed by atoms with van der Waals surface area (Å²) in [7, 11) is 0. The third-order valence-corrected chi connectivity index (χ3v) is 10.7. The number of carbonyl (C=O) groups is 2. The van der Waals surface area contributed by atoms with Gasteiger partial charge in [-0.05, 0) is 33.4 Å². The lowest BCUT2D eigenvalue weighted by molar-refractivity contribution is -0.147. The molecule has 0 saturated heterocycles. The smallest absolute Gasteiger partial charge is 0.332 e. The van der Waals surface area contributed by atoms with Crippen molar-refractivity contribution in [3.8, 4) is 0 Å². The first kappa shape index (κ1) is 43.5. The van der Waals surface area contributed by atoms with Crippen molar-refractivity contribution in [3.63, 3.8) is 0 Å². The maximum atomic E-state index is 11.1. The first-order valence-electron chi connectivity index (χ1n) is 19.5. The minimum Gasteiger partial charge on any atom is -0.479 e. The quantitative estimate of drug-likeness (QED) is 0.0573. The summed E-state index contributed by atoms with van der Waals surface area (Å²) in [6.45, 7) is 0. The molecule has 6 aromatic carbocycles. The Morgan fingerprint density at radius 1 is 0.557 bits per heavy atom. The van der Waals surface area contributed by atoms with E-state index < -0.39 is 34.6 Å². The molecule has 308 valence electrons. The average Bonchev–Trinajstić information content (AvgIpc) is 4.02. The highest BCUT2D eigenvalue weighted by molar-refractivity contribution is 6.28. The van der Waals surface area contributed by atoms with E-state index in [0.717, 1.165) is 33.4 Å². The van der Waals surface area contributed by atoms with Gasteiger partial charge >= 0.3 is 11.9 Å². The summed E-state index contributed by atoms with van der Waals surface area (Å²) in [6, 6.07) is 61.0. The maximum absolute atomic E-state index is 11.1. The topological polar surface area (TPSA) is 162 Å². The van der Waals surface area contributed by atoms with Gasteiger partial charge in [0.05, 0.1) is 18.3 Å². The molecular weight excluding hydrogens is 788 g/mol. The lowest BCUT2D eigenvalue weighted by Crippen LogP contribution is -2.37. The second-order valence-corrected chi connectivity index (χ2v) is 14.6. The van der Waals surface area contributed by atoms with Gasteiger partial charge in [-0.1, -0.05) is 182 Å². The number of aromatic amines is 1. The number of aliphatic hydroxyl groups excluding tert-OH is 2. The minimum absolute atomic E-state index is 0.0587. The minimum atomic E-state index is -1.49. The predicted octanol–water partition coefficient (Wildman–Crippen LogP) is 8.33. The van der Waals surface area contributed by atoms with Gasteiger partial charge in [0.2, 0.25) is 0 Å². The molecule has 2 atom stereocenters. The molecule has 0 amide bonds. The summed E-state index contributed by atoms with van der Waals surface area (Å²) in [5.74, 6) is -2.48. The van der Waals surface area contributed by atoms with Crippen molar-refractivity contribution in [2.24, 2.45) is 0 Å². The highest BCUT2D eigenvalue weighted by Crippen LogP contribution is 2.43. The van der Waals surface area contributed by atoms with E-state index in [0.29, 0.717) is 11.4 Å². The van der Waals surface area contributed by atoms with Crippen LogP contribution in [0.2, 0.25) is 0 Å². The predicted molar refractivity (Wildman–Crippen MR) is 235 cm³/mol. The number of alkyl halides is 1. The van der Waals surface area contributed by atoms with E-state index in [1.54, 1.807) is 6.33 Å². The van der Waals surface area contributed by atoms with Gasteiger partial charge in [-0.25, -0.2) is 19.6 Å². The fourth-order valence-electron chi connectivity index (χ4n) is 7.12. The van der Waals surface area contributed by atoms with Crippen molar-refractivity contribution in [2.75, 3.05) is 0 Å². The fourth-order valence-corrected chi connectivity index (χ4v) is 7.50. The normalized spacial score (nSPS) is 12.1. The zero-order valence-corrected chi connectivity index (χ0v) is 33.8. The Labute approximate surface area is 359 Å². The molecule has 0 aliphatic carbocycles. The van der Waals surface area contributed by atoms with Gasteiger partial charge in [0.25, 0.3) is 0 Å². The number of aliphatic carboxylic acids is 2. The van der Waals surface area contributed by atoms with Crippen LogP contribution in [0.4, 0.5) is 0 Å². The summed E-state index contributed by atoms with van der Waals surface area (Å²) in [4.78, 5) is 31.4. The lowest BCUT2D eigenvalue weighted by atomic mass is 9.77. The van der Waals surface area contributed by atoms with Crippen molar-refractivity contribution in [2.45, 2.75) is 35.5 Å². The zero-order valence-electron chi connectivity index (χ0n) is 33.0. The second-order valence-electron chi connectivity index (χ2n) is 14.0. The molecule has 0 aliphatic heterocycles. The monoisotopic (exact) mass is 832 g/mol. The van der Waals surface area contributed by atoms with Crippen molar-refractivity contribution in [1.82, 2.24) is 19.5 Å². The molecule has 0 spiro atoms. The van der Waals surface area contributed by atoms with Gasteiger partial charge in [-0.3, -0.25) is 0 Å². The number of imidazole rings is 2. The van der Waals surface area contributed by atoms with Gasteiger partial charge in [0.1, 0.15) is 10.4 Å². The molecule has 2 aromatic heterocycles. The molecule has 5 N–H and O–H groups in total. The first-order chi connectivity index (χ1) is 29.6. The molecule has 2 heterocycles. The van der Waals surface area contributed by atoms with Crippen LogP contribution in [-0.2, 0) is 32.8 Å². The number of H-pyrrole nitrogens is 1. The van der Waals surface area contributed by atoms with E-state index in [1.165, 1.54) is 12.5 Å². The third kappa shape index (κ3) is 10.4. The molecule has 0 radical (unpaired) electrons. The SMILES string of the molecule is ClC(c1ccccc1)(c1ccccc1)c1ccccc1.O=C(O)[C@@H](O)Cc1cn(C(c2ccccc2)(c2ccccc2)c2ccccc2)cn1.O=C(O)[C@@H](O)Cc1cnc[nH]1. The zero-order chi connectivity index (χ0) is 43.1. The van der Waals surface area contributed by atoms with Crippen LogP contribution in [0, 0.1) is 0 Å². The van der Waals surface area contributed by atoms with Gasteiger partial charge in [-0.15, -0.1) is 11.6 Å². The van der Waals surface area contributed by atoms with E-state index >= 15 is 0 Å². The van der Waals surface area contributed by atoms with E-state index in [-0.39, 0.29) is 12.8 Å². The molecule has 0 fully saturated rings. The number of carboxylic acid groups (broad SMARTS) is 2. The Morgan fingerprint density at radius 2 is 0.902 bits per heavy atom. The van der Waals surface area contributed by atoms with Crippen LogP contribution in [-0.4, -0.2) is 64.1 Å². The lowest BCUT2D eigenvalue weighted by Gasteiger charge is -2.37. The number of aliphatic hydroxyl groups is 2. The van der Waals surface area contributed by atoms with Gasteiger partial charge in [0.15, 0.2) is 12.2 Å². The largest absolute Gasteiger partial charge is 0.479 e. The summed E-state index contributed by atoms with van der Waals surface area (Å²) in [5, 5.41) is 36.0. The van der Waals surface area contributed by atoms with Gasteiger partial charge in [-0.2, -0.15) is 0 Å². The number of carboxylic acids is 2. The highest BCUT2D eigenvalue weighted by Gasteiger charge is 2.38. The molecule has 11 heteroatoms. The Bertz CT molecular complexity index is 2330. The summed E-state index contributed by atoms with van der Waals surface area (Å²) in [6.07, 6.45) is 3.60. The van der Waals surface area contributed by atoms with Crippen LogP contribution in [0.25, 0.3) is 0 Å². The van der Waals surface area contributed by atoms with E-state index in [9.17, 15) is 14.7 Å². The molecule has 61 heavy (non-hydrogen) atoms. The summed E-state index contributed by atoms with van der Waals surface area (Å²) in [5.41, 5.74) is 6.80. The van der Waals surface area contributed by atoms with Crippen LogP contribution in [0.1, 0.15) is 44.8 Å². The fraction of sp³-hybridized carbons (Fsp3) is 0.120. The number of rotatable bonds is 13. The number of hydrogen-bond donors (Lipinski definition) is 5. The van der Waals surface area contributed by atoms with Crippen molar-refractivity contribution in [1.29, 1.82) is 0 Å². The van der Waals surface area contributed by atoms with Crippen molar-refractivity contribution < 1.29 is 30.0 Å². The standard InChI is InChI=1S/C25H22N2O3.C19H15Cl.C6H8N2O3/c28-23(24(29)30)16-22-17-27(18-26-22)25(19-10-4-1-5-11-19,20-12-6-2-7-13-20)21-14-8-3-9-15-21;20-19(16-10-4-1-5-11-16,17-12-6-2-7-13-17)18-14-8-3-9-15-18;9-5(6(10)11)1-4-2-7-3-8-4/h1-15,17-18,23,28H,16H2,(H,29,30);1-15H;2-3,5,9H,1H2,(H,7,8)(H,10,11)/t23-;;5-/m0.0/s1. The first-order valence-corrected chi connectivity index (χ1v) is 19.9. The number of benzene rings is 6. The number of hydrogen-bond acceptors (Lipinski definition) is 6. The molecule has 0 bridgehead atoms. The second kappa shape index (κ2) is 20.7. The average molecular weight is 833 g/mol. The Balaban J connectivity index is 0.000000172. The van der Waals surface area contributed by atoms with Crippen LogP contribution in [0.5, 0.6) is 0 Å². The molecular formula is C50H45ClN4O6. The highest BCUT2D eigenvalue weighted by atomic mass is 35.5. The van der Waals surface area contributed by atoms with Crippen LogP contribution in [0.15, 0.2) is 207 Å². The maximum Gasteiger partial charge on any atom is 0.332 e. The molecule has 0 aliphatic rings. The molecule has 0 unspecified atom stereocenters. The molecule has 10 nitrogen and oxygen atoms in total. The molecule has 0 saturated carbocycles. The van der Waals surface area contributed by atoms with Gasteiger partial charge in [0, 0.05) is 30.9 Å².